The van der Waals surface area contributed by atoms with Gasteiger partial charge in [0.2, 0.25) is 0 Å². The average molecular weight is 223 g/mol. The van der Waals surface area contributed by atoms with Gasteiger partial charge in [-0.3, -0.25) is 9.69 Å². The molecular weight excluding hydrogens is 206 g/mol. The summed E-state index contributed by atoms with van der Waals surface area (Å²) in [6.45, 7) is 6.23. The molecule has 0 saturated carbocycles. The Hall–Kier alpha value is -0.670. The van der Waals surface area contributed by atoms with Gasteiger partial charge in [0.15, 0.2) is 0 Å². The zero-order chi connectivity index (χ0) is 10.8. The van der Waals surface area contributed by atoms with Gasteiger partial charge in [-0.2, -0.15) is 0 Å². The van der Waals surface area contributed by atoms with Gasteiger partial charge in [-0.1, -0.05) is 0 Å². The number of piperidine rings is 1. The minimum atomic E-state index is 0.417. The van der Waals surface area contributed by atoms with Gasteiger partial charge >= 0.3 is 0 Å². The lowest BCUT2D eigenvalue weighted by Gasteiger charge is -2.31. The van der Waals surface area contributed by atoms with Gasteiger partial charge in [0.05, 0.1) is 0 Å². The van der Waals surface area contributed by atoms with E-state index >= 15 is 0 Å². The predicted molar refractivity (Wildman–Crippen MR) is 63.3 cm³/mol. The van der Waals surface area contributed by atoms with Crippen molar-refractivity contribution in [3.05, 3.63) is 21.9 Å². The van der Waals surface area contributed by atoms with Crippen molar-refractivity contribution in [2.24, 2.45) is 0 Å². The number of nitrogens with zero attached hydrogens (tertiary/aromatic N) is 1. The van der Waals surface area contributed by atoms with Gasteiger partial charge in [-0.05, 0) is 26.0 Å². The summed E-state index contributed by atoms with van der Waals surface area (Å²) in [5, 5.41) is 0. The molecule has 1 aliphatic rings. The smallest absolute Gasteiger partial charge is 0.135 e. The van der Waals surface area contributed by atoms with Crippen LogP contribution in [0.25, 0.3) is 0 Å². The SMILES string of the molecule is Cc1ccc(C(C)N2CCC(=O)CC2)s1. The summed E-state index contributed by atoms with van der Waals surface area (Å²) in [5.41, 5.74) is 0. The molecule has 1 aliphatic heterocycles. The third-order valence-corrected chi connectivity index (χ3v) is 4.25. The monoisotopic (exact) mass is 223 g/mol. The first-order valence-corrected chi connectivity index (χ1v) is 6.30. The Bertz CT molecular complexity index is 348. The van der Waals surface area contributed by atoms with Crippen LogP contribution >= 0.6 is 11.3 Å². The van der Waals surface area contributed by atoms with E-state index in [1.54, 1.807) is 0 Å². The van der Waals surface area contributed by atoms with Crippen LogP contribution in [0.1, 0.15) is 35.6 Å². The van der Waals surface area contributed by atoms with Crippen molar-refractivity contribution in [2.75, 3.05) is 13.1 Å². The number of hydrogen-bond donors (Lipinski definition) is 0. The van der Waals surface area contributed by atoms with Crippen molar-refractivity contribution >= 4 is 17.1 Å². The normalized spacial score (nSPS) is 20.5. The van der Waals surface area contributed by atoms with Crippen LogP contribution in [0.2, 0.25) is 0 Å². The molecule has 1 unspecified atom stereocenters. The molecule has 0 N–H and O–H groups in total. The second kappa shape index (κ2) is 4.45. The van der Waals surface area contributed by atoms with Gasteiger partial charge in [0.25, 0.3) is 0 Å². The van der Waals surface area contributed by atoms with Crippen molar-refractivity contribution in [1.29, 1.82) is 0 Å². The van der Waals surface area contributed by atoms with Gasteiger partial charge in [-0.25, -0.2) is 0 Å². The minimum absolute atomic E-state index is 0.417. The Labute approximate surface area is 94.9 Å². The van der Waals surface area contributed by atoms with E-state index in [0.717, 1.165) is 25.9 Å². The second-order valence-corrected chi connectivity index (χ2v) is 5.52. The number of thiophene rings is 1. The first-order chi connectivity index (χ1) is 7.16. The topological polar surface area (TPSA) is 20.3 Å². The van der Waals surface area contributed by atoms with Crippen LogP contribution in [-0.4, -0.2) is 23.8 Å². The van der Waals surface area contributed by atoms with E-state index < -0.39 is 0 Å². The molecule has 1 aromatic rings. The highest BCUT2D eigenvalue weighted by atomic mass is 32.1. The number of likely N-dealkylation sites (tertiary alicyclic amines) is 1. The quantitative estimate of drug-likeness (QED) is 0.768. The Morgan fingerprint density at radius 2 is 2.00 bits per heavy atom. The summed E-state index contributed by atoms with van der Waals surface area (Å²) in [4.78, 5) is 16.3. The predicted octanol–water partition coefficient (Wildman–Crippen LogP) is 2.78. The Morgan fingerprint density at radius 3 is 2.53 bits per heavy atom. The lowest BCUT2D eigenvalue weighted by molar-refractivity contribution is -0.121. The van der Waals surface area contributed by atoms with Crippen LogP contribution in [0.4, 0.5) is 0 Å². The largest absolute Gasteiger partial charge is 0.300 e. The first-order valence-electron chi connectivity index (χ1n) is 5.49. The summed E-state index contributed by atoms with van der Waals surface area (Å²) in [5.74, 6) is 0.417. The third kappa shape index (κ3) is 2.47. The molecule has 2 nitrogen and oxygen atoms in total. The molecule has 1 fully saturated rings. The Balaban J connectivity index is 2.02. The van der Waals surface area contributed by atoms with E-state index in [0.29, 0.717) is 11.8 Å². The summed E-state index contributed by atoms with van der Waals surface area (Å²) >= 11 is 1.86. The number of carbonyl (C=O) groups is 1. The van der Waals surface area contributed by atoms with Crippen LogP contribution in [0.5, 0.6) is 0 Å². The highest BCUT2D eigenvalue weighted by Crippen LogP contribution is 2.28. The lowest BCUT2D eigenvalue weighted by Crippen LogP contribution is -2.35. The summed E-state index contributed by atoms with van der Waals surface area (Å²) < 4.78 is 0. The number of ketones is 1. The number of hydrogen-bond acceptors (Lipinski definition) is 3. The first kappa shape index (κ1) is 10.8. The Morgan fingerprint density at radius 1 is 1.33 bits per heavy atom. The van der Waals surface area contributed by atoms with E-state index in [2.05, 4.69) is 30.9 Å². The molecule has 1 aromatic heterocycles. The highest BCUT2D eigenvalue weighted by molar-refractivity contribution is 7.12. The van der Waals surface area contributed by atoms with Crippen LogP contribution in [-0.2, 0) is 4.79 Å². The van der Waals surface area contributed by atoms with Crippen LogP contribution < -0.4 is 0 Å². The van der Waals surface area contributed by atoms with Crippen LogP contribution in [0.3, 0.4) is 0 Å². The molecule has 0 aromatic carbocycles. The molecule has 1 atom stereocenters. The van der Waals surface area contributed by atoms with Crippen molar-refractivity contribution in [1.82, 2.24) is 4.90 Å². The fraction of sp³-hybridized carbons (Fsp3) is 0.583. The zero-order valence-corrected chi connectivity index (χ0v) is 10.1. The van der Waals surface area contributed by atoms with Crippen molar-refractivity contribution < 1.29 is 4.79 Å². The van der Waals surface area contributed by atoms with E-state index in [1.165, 1.54) is 9.75 Å². The molecule has 2 heterocycles. The van der Waals surface area contributed by atoms with Gasteiger partial charge < -0.3 is 0 Å². The van der Waals surface area contributed by atoms with E-state index in [-0.39, 0.29) is 0 Å². The maximum atomic E-state index is 11.1. The molecule has 0 bridgehead atoms. The van der Waals surface area contributed by atoms with Gasteiger partial charge in [0, 0.05) is 41.7 Å². The van der Waals surface area contributed by atoms with Crippen LogP contribution in [0.15, 0.2) is 12.1 Å². The molecule has 0 spiro atoms. The molecule has 3 heteroatoms. The maximum Gasteiger partial charge on any atom is 0.135 e. The average Bonchev–Trinajstić information content (AvgIpc) is 2.65. The zero-order valence-electron chi connectivity index (χ0n) is 9.32. The molecule has 0 aliphatic carbocycles. The van der Waals surface area contributed by atoms with E-state index in [9.17, 15) is 4.79 Å². The highest BCUT2D eigenvalue weighted by Gasteiger charge is 2.22. The van der Waals surface area contributed by atoms with Gasteiger partial charge in [-0.15, -0.1) is 11.3 Å². The third-order valence-electron chi connectivity index (χ3n) is 3.08. The van der Waals surface area contributed by atoms with Crippen molar-refractivity contribution in [2.45, 2.75) is 32.7 Å². The molecule has 0 radical (unpaired) electrons. The molecular formula is C12H17NOS. The maximum absolute atomic E-state index is 11.1. The van der Waals surface area contributed by atoms with Crippen molar-refractivity contribution in [3.63, 3.8) is 0 Å². The van der Waals surface area contributed by atoms with E-state index in [4.69, 9.17) is 0 Å². The summed E-state index contributed by atoms with van der Waals surface area (Å²) in [6.07, 6.45) is 1.46. The number of Topliss-reactive ketones (excluding diaryl/α,β-unsaturated/α-hetero) is 1. The molecule has 15 heavy (non-hydrogen) atoms. The number of carbonyl (C=O) groups excluding carboxylic acids is 1. The summed E-state index contributed by atoms with van der Waals surface area (Å²) in [7, 11) is 0. The van der Waals surface area contributed by atoms with E-state index in [1.807, 2.05) is 11.3 Å². The minimum Gasteiger partial charge on any atom is -0.300 e. The van der Waals surface area contributed by atoms with Gasteiger partial charge in [0.1, 0.15) is 5.78 Å². The van der Waals surface area contributed by atoms with Crippen molar-refractivity contribution in [3.8, 4) is 0 Å². The number of aryl methyl sites for hydroxylation is 1. The standard InChI is InChI=1S/C12H17NOS/c1-9-3-4-12(15-9)10(2)13-7-5-11(14)6-8-13/h3-4,10H,5-8H2,1-2H3. The Kier molecular flexibility index (Phi) is 3.22. The number of rotatable bonds is 2. The van der Waals surface area contributed by atoms with Crippen LogP contribution in [0, 0.1) is 6.92 Å². The lowest BCUT2D eigenvalue weighted by atomic mass is 10.1. The summed E-state index contributed by atoms with van der Waals surface area (Å²) in [6, 6.07) is 4.85. The fourth-order valence-corrected chi connectivity index (χ4v) is 2.98. The molecule has 2 rings (SSSR count). The fourth-order valence-electron chi connectivity index (χ4n) is 2.02. The molecule has 1 saturated heterocycles. The second-order valence-electron chi connectivity index (χ2n) is 4.20. The molecule has 0 amide bonds. The molecule has 82 valence electrons.